The number of fused-ring (bicyclic) bond motifs is 1. The Hall–Kier alpha value is -0.670. The van der Waals surface area contributed by atoms with Crippen LogP contribution < -0.4 is 5.32 Å². The second-order valence-corrected chi connectivity index (χ2v) is 5.04. The highest BCUT2D eigenvalue weighted by atomic mass is 32.2. The molecule has 2 nitrogen and oxygen atoms in total. The van der Waals surface area contributed by atoms with E-state index in [0.717, 1.165) is 6.54 Å². The van der Waals surface area contributed by atoms with E-state index in [2.05, 4.69) is 5.32 Å². The SMILES string of the molecule is CNCCCC1CSc2ccc(O)cc21. The van der Waals surface area contributed by atoms with Crippen molar-refractivity contribution in [3.8, 4) is 5.75 Å². The van der Waals surface area contributed by atoms with Crippen molar-refractivity contribution in [1.29, 1.82) is 0 Å². The Bertz CT molecular complexity index is 340. The molecule has 0 fully saturated rings. The van der Waals surface area contributed by atoms with Gasteiger partial charge in [0, 0.05) is 10.6 Å². The van der Waals surface area contributed by atoms with E-state index in [1.165, 1.54) is 29.1 Å². The molecule has 0 saturated heterocycles. The predicted octanol–water partition coefficient (Wildman–Crippen LogP) is 2.58. The number of nitrogens with one attached hydrogen (secondary N) is 1. The molecule has 3 heteroatoms. The summed E-state index contributed by atoms with van der Waals surface area (Å²) >= 11 is 1.91. The molecule has 0 bridgehead atoms. The molecular formula is C12H17NOS. The van der Waals surface area contributed by atoms with E-state index in [0.29, 0.717) is 11.7 Å². The Balaban J connectivity index is 2.03. The number of phenols is 1. The summed E-state index contributed by atoms with van der Waals surface area (Å²) in [7, 11) is 1.99. The molecule has 0 amide bonds. The first-order valence-corrected chi connectivity index (χ1v) is 6.40. The van der Waals surface area contributed by atoms with Gasteiger partial charge < -0.3 is 10.4 Å². The van der Waals surface area contributed by atoms with E-state index in [1.54, 1.807) is 6.07 Å². The van der Waals surface area contributed by atoms with Crippen LogP contribution in [-0.4, -0.2) is 24.5 Å². The highest BCUT2D eigenvalue weighted by molar-refractivity contribution is 7.99. The van der Waals surface area contributed by atoms with Crippen molar-refractivity contribution in [1.82, 2.24) is 5.32 Å². The number of rotatable bonds is 4. The fourth-order valence-electron chi connectivity index (χ4n) is 2.03. The normalized spacial score (nSPS) is 19.1. The maximum Gasteiger partial charge on any atom is 0.115 e. The molecular weight excluding hydrogens is 206 g/mol. The Morgan fingerprint density at radius 1 is 1.53 bits per heavy atom. The lowest BCUT2D eigenvalue weighted by atomic mass is 9.96. The van der Waals surface area contributed by atoms with Crippen molar-refractivity contribution in [2.45, 2.75) is 23.7 Å². The van der Waals surface area contributed by atoms with E-state index in [9.17, 15) is 5.11 Å². The van der Waals surface area contributed by atoms with Gasteiger partial charge in [-0.1, -0.05) is 0 Å². The van der Waals surface area contributed by atoms with Crippen LogP contribution in [0.1, 0.15) is 24.3 Å². The topological polar surface area (TPSA) is 32.3 Å². The maximum atomic E-state index is 9.46. The minimum atomic E-state index is 0.398. The molecule has 2 N–H and O–H groups in total. The Kier molecular flexibility index (Phi) is 3.54. The molecule has 1 aromatic rings. The van der Waals surface area contributed by atoms with E-state index in [-0.39, 0.29) is 0 Å². The third-order valence-electron chi connectivity index (χ3n) is 2.85. The molecule has 1 atom stereocenters. The first-order chi connectivity index (χ1) is 7.31. The summed E-state index contributed by atoms with van der Waals surface area (Å²) in [6.07, 6.45) is 2.42. The van der Waals surface area contributed by atoms with Crippen molar-refractivity contribution in [2.75, 3.05) is 19.3 Å². The van der Waals surface area contributed by atoms with Crippen molar-refractivity contribution in [3.63, 3.8) is 0 Å². The Morgan fingerprint density at radius 3 is 3.20 bits per heavy atom. The highest BCUT2D eigenvalue weighted by Gasteiger charge is 2.22. The molecule has 1 unspecified atom stereocenters. The maximum absolute atomic E-state index is 9.46. The number of phenolic OH excluding ortho intramolecular Hbond substituents is 1. The van der Waals surface area contributed by atoms with Crippen LogP contribution in [0.25, 0.3) is 0 Å². The minimum Gasteiger partial charge on any atom is -0.508 e. The van der Waals surface area contributed by atoms with E-state index >= 15 is 0 Å². The van der Waals surface area contributed by atoms with Gasteiger partial charge in [-0.3, -0.25) is 0 Å². The first-order valence-electron chi connectivity index (χ1n) is 5.41. The molecule has 1 aliphatic rings. The zero-order chi connectivity index (χ0) is 10.7. The number of aromatic hydroxyl groups is 1. The molecule has 82 valence electrons. The van der Waals surface area contributed by atoms with Crippen molar-refractivity contribution in [2.24, 2.45) is 0 Å². The van der Waals surface area contributed by atoms with Crippen LogP contribution in [-0.2, 0) is 0 Å². The van der Waals surface area contributed by atoms with Crippen LogP contribution >= 0.6 is 11.8 Å². The van der Waals surface area contributed by atoms with Crippen LogP contribution in [0.4, 0.5) is 0 Å². The molecule has 1 aromatic carbocycles. The van der Waals surface area contributed by atoms with Crippen molar-refractivity contribution >= 4 is 11.8 Å². The number of benzene rings is 1. The Labute approximate surface area is 95.1 Å². The second kappa shape index (κ2) is 4.90. The van der Waals surface area contributed by atoms with Crippen LogP contribution in [0.5, 0.6) is 5.75 Å². The number of thioether (sulfide) groups is 1. The quantitative estimate of drug-likeness (QED) is 0.770. The molecule has 0 radical (unpaired) electrons. The molecule has 0 saturated carbocycles. The standard InChI is InChI=1S/C12H17NOS/c1-13-6-2-3-9-8-15-12-5-4-10(14)7-11(9)12/h4-5,7,9,13-14H,2-3,6,8H2,1H3. The van der Waals surface area contributed by atoms with Gasteiger partial charge in [0.15, 0.2) is 0 Å². The van der Waals surface area contributed by atoms with Crippen molar-refractivity contribution < 1.29 is 5.11 Å². The fraction of sp³-hybridized carbons (Fsp3) is 0.500. The van der Waals surface area contributed by atoms with Gasteiger partial charge in [-0.25, -0.2) is 0 Å². The van der Waals surface area contributed by atoms with E-state index in [4.69, 9.17) is 0 Å². The highest BCUT2D eigenvalue weighted by Crippen LogP contribution is 2.42. The predicted molar refractivity (Wildman–Crippen MR) is 64.7 cm³/mol. The zero-order valence-electron chi connectivity index (χ0n) is 8.99. The summed E-state index contributed by atoms with van der Waals surface area (Å²) in [6.45, 7) is 1.08. The van der Waals surface area contributed by atoms with E-state index in [1.807, 2.05) is 30.9 Å². The van der Waals surface area contributed by atoms with Crippen molar-refractivity contribution in [3.05, 3.63) is 23.8 Å². The van der Waals surface area contributed by atoms with Gasteiger partial charge in [0.25, 0.3) is 0 Å². The van der Waals surface area contributed by atoms with Gasteiger partial charge in [0.05, 0.1) is 0 Å². The van der Waals surface area contributed by atoms with Crippen LogP contribution in [0, 0.1) is 0 Å². The van der Waals surface area contributed by atoms with Gasteiger partial charge in [-0.15, -0.1) is 11.8 Å². The summed E-state index contributed by atoms with van der Waals surface area (Å²) < 4.78 is 0. The van der Waals surface area contributed by atoms with E-state index < -0.39 is 0 Å². The smallest absolute Gasteiger partial charge is 0.115 e. The third kappa shape index (κ3) is 2.47. The van der Waals surface area contributed by atoms with Crippen LogP contribution in [0.15, 0.2) is 23.1 Å². The zero-order valence-corrected chi connectivity index (χ0v) is 9.81. The molecule has 0 spiro atoms. The van der Waals surface area contributed by atoms with Gasteiger partial charge >= 0.3 is 0 Å². The monoisotopic (exact) mass is 223 g/mol. The lowest BCUT2D eigenvalue weighted by molar-refractivity contribution is 0.473. The summed E-state index contributed by atoms with van der Waals surface area (Å²) in [5, 5.41) is 12.6. The second-order valence-electron chi connectivity index (χ2n) is 3.98. The minimum absolute atomic E-state index is 0.398. The summed E-state index contributed by atoms with van der Waals surface area (Å²) in [6, 6.07) is 5.74. The average molecular weight is 223 g/mol. The number of hydrogen-bond donors (Lipinski definition) is 2. The Morgan fingerprint density at radius 2 is 2.40 bits per heavy atom. The first kappa shape index (κ1) is 10.8. The number of hydrogen-bond acceptors (Lipinski definition) is 3. The molecule has 0 aliphatic carbocycles. The van der Waals surface area contributed by atoms with Gasteiger partial charge in [0.1, 0.15) is 5.75 Å². The summed E-state index contributed by atoms with van der Waals surface area (Å²) in [4.78, 5) is 1.35. The third-order valence-corrected chi connectivity index (χ3v) is 4.10. The molecule has 1 aliphatic heterocycles. The van der Waals surface area contributed by atoms with Crippen LogP contribution in [0.3, 0.4) is 0 Å². The molecule has 1 heterocycles. The lowest BCUT2D eigenvalue weighted by Crippen LogP contribution is -2.09. The molecule has 2 rings (SSSR count). The average Bonchev–Trinajstić information content (AvgIpc) is 2.62. The fourth-order valence-corrected chi connectivity index (χ4v) is 3.31. The van der Waals surface area contributed by atoms with Gasteiger partial charge in [-0.05, 0) is 56.1 Å². The largest absolute Gasteiger partial charge is 0.508 e. The van der Waals surface area contributed by atoms with Gasteiger partial charge in [0.2, 0.25) is 0 Å². The lowest BCUT2D eigenvalue weighted by Gasteiger charge is -2.10. The van der Waals surface area contributed by atoms with Gasteiger partial charge in [-0.2, -0.15) is 0 Å². The summed E-state index contributed by atoms with van der Waals surface area (Å²) in [5.41, 5.74) is 1.34. The van der Waals surface area contributed by atoms with Crippen LogP contribution in [0.2, 0.25) is 0 Å². The molecule has 0 aromatic heterocycles. The summed E-state index contributed by atoms with van der Waals surface area (Å²) in [5.74, 6) is 2.20. The molecule has 15 heavy (non-hydrogen) atoms.